The van der Waals surface area contributed by atoms with E-state index < -0.39 is 0 Å². The van der Waals surface area contributed by atoms with Crippen LogP contribution in [0.1, 0.15) is 29.2 Å². The minimum absolute atomic E-state index is 0.124. The first-order valence-electron chi connectivity index (χ1n) is 8.86. The Hall–Kier alpha value is -3.68. The maximum absolute atomic E-state index is 12.5. The molecular weight excluding hydrogens is 358 g/mol. The fourth-order valence-corrected chi connectivity index (χ4v) is 3.48. The molecule has 0 saturated carbocycles. The molecule has 3 heterocycles. The van der Waals surface area contributed by atoms with Crippen molar-refractivity contribution < 1.29 is 9.53 Å². The molecule has 1 aliphatic rings. The van der Waals surface area contributed by atoms with Gasteiger partial charge in [0.15, 0.2) is 5.82 Å². The number of nitrogens with one attached hydrogen (secondary N) is 2. The average molecular weight is 377 g/mol. The number of carbonyl (C=O) groups excluding carboxylic acids is 1. The third kappa shape index (κ3) is 3.09. The molecule has 0 saturated heterocycles. The highest BCUT2D eigenvalue weighted by Gasteiger charge is 2.34. The number of aromatic nitrogens is 4. The predicted octanol–water partition coefficient (Wildman–Crippen LogP) is 2.30. The Morgan fingerprint density at radius 2 is 2.11 bits per heavy atom. The second-order valence-electron chi connectivity index (χ2n) is 6.48. The summed E-state index contributed by atoms with van der Waals surface area (Å²) in [6.45, 7) is 5.95. The van der Waals surface area contributed by atoms with Gasteiger partial charge in [0.25, 0.3) is 5.56 Å². The first-order chi connectivity index (χ1) is 13.6. The summed E-state index contributed by atoms with van der Waals surface area (Å²) in [5, 5.41) is 13.9. The van der Waals surface area contributed by atoms with Crippen molar-refractivity contribution in [3.05, 3.63) is 76.2 Å². The van der Waals surface area contributed by atoms with Crippen molar-refractivity contribution in [2.24, 2.45) is 0 Å². The molecule has 1 aliphatic heterocycles. The second-order valence-corrected chi connectivity index (χ2v) is 6.48. The Morgan fingerprint density at radius 1 is 1.29 bits per heavy atom. The molecule has 8 nitrogen and oxygen atoms in total. The van der Waals surface area contributed by atoms with Crippen LogP contribution in [0.25, 0.3) is 5.82 Å². The van der Waals surface area contributed by atoms with Crippen molar-refractivity contribution in [2.75, 3.05) is 11.9 Å². The first kappa shape index (κ1) is 17.7. The maximum atomic E-state index is 12.5. The Morgan fingerprint density at radius 3 is 2.86 bits per heavy atom. The fraction of sp³-hybridized carbons (Fsp3) is 0.200. The summed E-state index contributed by atoms with van der Waals surface area (Å²) in [5.74, 6) is 1.35. The fourth-order valence-electron chi connectivity index (χ4n) is 3.48. The number of para-hydroxylation sites is 1. The summed E-state index contributed by atoms with van der Waals surface area (Å²) in [5.41, 5.74) is 2.28. The number of ether oxygens (including phenoxy) is 1. The number of aryl methyl sites for hydroxylation is 1. The zero-order valence-electron chi connectivity index (χ0n) is 15.3. The maximum Gasteiger partial charge on any atom is 0.264 e. The summed E-state index contributed by atoms with van der Waals surface area (Å²) in [7, 11) is 0. The minimum Gasteiger partial charge on any atom is -0.489 e. The molecule has 0 radical (unpaired) electrons. The summed E-state index contributed by atoms with van der Waals surface area (Å²) < 4.78 is 7.34. The summed E-state index contributed by atoms with van der Waals surface area (Å²) >= 11 is 0. The normalized spacial score (nSPS) is 15.6. The van der Waals surface area contributed by atoms with E-state index >= 15 is 0 Å². The van der Waals surface area contributed by atoms with E-state index in [0.717, 1.165) is 16.8 Å². The first-order valence-corrected chi connectivity index (χ1v) is 8.86. The summed E-state index contributed by atoms with van der Waals surface area (Å²) in [4.78, 5) is 23.8. The van der Waals surface area contributed by atoms with Gasteiger partial charge in [0.1, 0.15) is 18.2 Å². The number of carbonyl (C=O) groups is 1. The lowest BCUT2D eigenvalue weighted by Crippen LogP contribution is -2.25. The standard InChI is InChI=1S/C20H19N5O3/c1-3-10-28-15-7-5-4-6-13(15)14-11-18(27)21-20-19(14)12(2)24-25(20)16-8-9-17(26)23-22-16/h3-9,14H,1,10-11H2,2H3,(H,21,27)(H,23,26). The number of amides is 1. The molecule has 0 bridgehead atoms. The lowest BCUT2D eigenvalue weighted by Gasteiger charge is -2.25. The Bertz CT molecular complexity index is 1090. The average Bonchev–Trinajstić information content (AvgIpc) is 3.03. The number of nitrogens with zero attached hydrogens (tertiary/aromatic N) is 3. The lowest BCUT2D eigenvalue weighted by molar-refractivity contribution is -0.116. The molecule has 28 heavy (non-hydrogen) atoms. The van der Waals surface area contributed by atoms with Gasteiger partial charge in [0, 0.05) is 29.5 Å². The number of benzene rings is 1. The molecular formula is C20H19N5O3. The van der Waals surface area contributed by atoms with Crippen LogP contribution in [-0.2, 0) is 4.79 Å². The van der Waals surface area contributed by atoms with E-state index in [4.69, 9.17) is 4.74 Å². The molecule has 2 aromatic heterocycles. The molecule has 1 amide bonds. The zero-order chi connectivity index (χ0) is 19.7. The van der Waals surface area contributed by atoms with E-state index in [0.29, 0.717) is 24.0 Å². The third-order valence-electron chi connectivity index (χ3n) is 4.64. The van der Waals surface area contributed by atoms with Crippen molar-refractivity contribution in [2.45, 2.75) is 19.3 Å². The molecule has 1 unspecified atom stereocenters. The van der Waals surface area contributed by atoms with Crippen molar-refractivity contribution in [1.82, 2.24) is 20.0 Å². The molecule has 2 N–H and O–H groups in total. The Kier molecular flexibility index (Phi) is 4.52. The molecule has 4 rings (SSSR count). The summed E-state index contributed by atoms with van der Waals surface area (Å²) in [6.07, 6.45) is 1.97. The monoisotopic (exact) mass is 377 g/mol. The van der Waals surface area contributed by atoms with Gasteiger partial charge in [-0.05, 0) is 19.1 Å². The van der Waals surface area contributed by atoms with Crippen LogP contribution >= 0.6 is 0 Å². The summed E-state index contributed by atoms with van der Waals surface area (Å²) in [6, 6.07) is 10.6. The Balaban J connectivity index is 1.85. The number of rotatable bonds is 5. The Labute approximate surface area is 160 Å². The van der Waals surface area contributed by atoms with Crippen LogP contribution in [0.15, 0.2) is 53.8 Å². The van der Waals surface area contributed by atoms with Crippen LogP contribution in [0.5, 0.6) is 5.75 Å². The van der Waals surface area contributed by atoms with Crippen molar-refractivity contribution >= 4 is 11.7 Å². The topological polar surface area (TPSA) is 102 Å². The van der Waals surface area contributed by atoms with Crippen molar-refractivity contribution in [1.29, 1.82) is 0 Å². The molecule has 8 heteroatoms. The van der Waals surface area contributed by atoms with E-state index in [1.165, 1.54) is 10.7 Å². The SMILES string of the molecule is C=CCOc1ccccc1C1CC(=O)Nc2c1c(C)nn2-c1ccc(=O)[nH]n1. The molecule has 0 spiro atoms. The number of anilines is 1. The molecule has 142 valence electrons. The smallest absolute Gasteiger partial charge is 0.264 e. The van der Waals surface area contributed by atoms with Gasteiger partial charge in [-0.15, -0.1) is 0 Å². The van der Waals surface area contributed by atoms with E-state index in [1.807, 2.05) is 31.2 Å². The number of fused-ring (bicyclic) bond motifs is 1. The van der Waals surface area contributed by atoms with E-state index in [-0.39, 0.29) is 23.8 Å². The van der Waals surface area contributed by atoms with Gasteiger partial charge in [0.05, 0.1) is 5.69 Å². The minimum atomic E-state index is -0.309. The quantitative estimate of drug-likeness (QED) is 0.665. The predicted molar refractivity (Wildman–Crippen MR) is 104 cm³/mol. The van der Waals surface area contributed by atoms with Gasteiger partial charge in [0.2, 0.25) is 5.91 Å². The van der Waals surface area contributed by atoms with Crippen LogP contribution < -0.4 is 15.6 Å². The van der Waals surface area contributed by atoms with Crippen LogP contribution in [0.2, 0.25) is 0 Å². The lowest BCUT2D eigenvalue weighted by atomic mass is 9.85. The second kappa shape index (κ2) is 7.15. The number of hydrogen-bond acceptors (Lipinski definition) is 5. The highest BCUT2D eigenvalue weighted by atomic mass is 16.5. The van der Waals surface area contributed by atoms with Gasteiger partial charge < -0.3 is 10.1 Å². The highest BCUT2D eigenvalue weighted by molar-refractivity contribution is 5.95. The van der Waals surface area contributed by atoms with Crippen LogP contribution in [0.3, 0.4) is 0 Å². The number of H-pyrrole nitrogens is 1. The molecule has 0 aliphatic carbocycles. The van der Waals surface area contributed by atoms with Crippen LogP contribution in [0.4, 0.5) is 5.82 Å². The van der Waals surface area contributed by atoms with Gasteiger partial charge in [-0.2, -0.15) is 14.9 Å². The van der Waals surface area contributed by atoms with Crippen LogP contribution in [0, 0.1) is 6.92 Å². The van der Waals surface area contributed by atoms with E-state index in [2.05, 4.69) is 27.2 Å². The van der Waals surface area contributed by atoms with Crippen molar-refractivity contribution in [3.8, 4) is 11.6 Å². The van der Waals surface area contributed by atoms with Crippen LogP contribution in [-0.4, -0.2) is 32.5 Å². The number of hydrogen-bond donors (Lipinski definition) is 2. The zero-order valence-corrected chi connectivity index (χ0v) is 15.3. The van der Waals surface area contributed by atoms with Crippen molar-refractivity contribution in [3.63, 3.8) is 0 Å². The molecule has 1 atom stereocenters. The van der Waals surface area contributed by atoms with E-state index in [1.54, 1.807) is 12.1 Å². The molecule has 3 aromatic rings. The van der Waals surface area contributed by atoms with Gasteiger partial charge in [-0.1, -0.05) is 30.9 Å². The highest BCUT2D eigenvalue weighted by Crippen LogP contribution is 2.42. The molecule has 1 aromatic carbocycles. The van der Waals surface area contributed by atoms with Gasteiger partial charge in [-0.3, -0.25) is 9.59 Å². The third-order valence-corrected chi connectivity index (χ3v) is 4.64. The largest absolute Gasteiger partial charge is 0.489 e. The van der Waals surface area contributed by atoms with Gasteiger partial charge >= 0.3 is 0 Å². The van der Waals surface area contributed by atoms with E-state index in [9.17, 15) is 9.59 Å². The number of aromatic amines is 1. The van der Waals surface area contributed by atoms with Gasteiger partial charge in [-0.25, -0.2) is 5.10 Å². The molecule has 0 fully saturated rings.